The van der Waals surface area contributed by atoms with Crippen molar-refractivity contribution in [2.24, 2.45) is 0 Å². The van der Waals surface area contributed by atoms with Gasteiger partial charge in [-0.05, 0) is 43.9 Å². The van der Waals surface area contributed by atoms with Gasteiger partial charge in [-0.25, -0.2) is 13.2 Å². The smallest absolute Gasteiger partial charge is 0.328 e. The second kappa shape index (κ2) is 9.72. The van der Waals surface area contributed by atoms with Crippen LogP contribution in [0.4, 0.5) is 4.79 Å². The van der Waals surface area contributed by atoms with Gasteiger partial charge in [0.1, 0.15) is 5.03 Å². The van der Waals surface area contributed by atoms with E-state index in [1.54, 1.807) is 10.2 Å². The molecule has 31 heavy (non-hydrogen) atoms. The number of hydrogen-bond acceptors (Lipinski definition) is 7. The average Bonchev–Trinajstić information content (AvgIpc) is 2.63. The summed E-state index contributed by atoms with van der Waals surface area (Å²) >= 11 is 17.0. The molecule has 0 saturated carbocycles. The normalized spacial score (nSPS) is 20.2. The molecule has 1 fully saturated rings. The number of carbonyl (C=O) groups is 4. The van der Waals surface area contributed by atoms with Crippen molar-refractivity contribution >= 4 is 68.3 Å². The van der Waals surface area contributed by atoms with E-state index in [4.69, 9.17) is 34.8 Å². The average molecular weight is 513 g/mol. The maximum absolute atomic E-state index is 12.8. The zero-order chi connectivity index (χ0) is 23.6. The monoisotopic (exact) mass is 511 g/mol. The molecular weight excluding hydrogens is 493 g/mol. The van der Waals surface area contributed by atoms with E-state index in [2.05, 4.69) is 0 Å². The van der Waals surface area contributed by atoms with Crippen LogP contribution in [0.2, 0.25) is 0 Å². The van der Waals surface area contributed by atoms with Crippen LogP contribution in [-0.4, -0.2) is 53.8 Å². The summed E-state index contributed by atoms with van der Waals surface area (Å²) in [5.41, 5.74) is -0.875. The molecule has 2 aliphatic rings. The molecule has 0 radical (unpaired) electrons. The Morgan fingerprint density at radius 2 is 1.58 bits per heavy atom. The van der Waals surface area contributed by atoms with Crippen LogP contribution in [0.5, 0.6) is 0 Å². The Morgan fingerprint density at radius 3 is 2.10 bits per heavy atom. The lowest BCUT2D eigenvalue weighted by Crippen LogP contribution is -2.44. The van der Waals surface area contributed by atoms with Crippen LogP contribution in [-0.2, 0) is 24.2 Å². The molecule has 2 aliphatic heterocycles. The van der Waals surface area contributed by atoms with Crippen LogP contribution in [0.15, 0.2) is 33.2 Å². The van der Waals surface area contributed by atoms with Gasteiger partial charge in [-0.1, -0.05) is 34.8 Å². The number of imide groups is 2. The number of likely N-dealkylation sites (tertiary alicyclic amines) is 1. The molecule has 170 valence electrons. The number of amides is 4. The van der Waals surface area contributed by atoms with Gasteiger partial charge in [-0.2, -0.15) is 0 Å². The predicted octanol–water partition coefficient (Wildman–Crippen LogP) is 2.25. The van der Waals surface area contributed by atoms with Crippen molar-refractivity contribution in [3.63, 3.8) is 0 Å². The topological polar surface area (TPSA) is 130 Å². The number of urea groups is 1. The number of piperidine rings is 1. The summed E-state index contributed by atoms with van der Waals surface area (Å²) in [5.74, 6) is -3.28. The number of halogens is 3. The van der Waals surface area contributed by atoms with E-state index in [-0.39, 0.29) is 15.5 Å². The SMILES string of the molecule is CC(=O)NC(=O)NC(=O)C(C(=O)C(Cl)(Cl)Cl)=C1C=C(C)S(=O)(=O)C(N2CCCCC2)=C1. The Kier molecular flexibility index (Phi) is 7.96. The van der Waals surface area contributed by atoms with Crippen molar-refractivity contribution in [2.45, 2.75) is 36.9 Å². The van der Waals surface area contributed by atoms with E-state index < -0.39 is 42.8 Å². The lowest BCUT2D eigenvalue weighted by molar-refractivity contribution is -0.121. The van der Waals surface area contributed by atoms with Crippen molar-refractivity contribution in [1.82, 2.24) is 15.5 Å². The van der Waals surface area contributed by atoms with Crippen molar-refractivity contribution in [2.75, 3.05) is 13.1 Å². The van der Waals surface area contributed by atoms with E-state index in [0.29, 0.717) is 13.1 Å². The molecule has 0 aromatic carbocycles. The molecule has 4 amide bonds. The number of sulfone groups is 1. The minimum Gasteiger partial charge on any atom is -0.362 e. The summed E-state index contributed by atoms with van der Waals surface area (Å²) in [6.45, 7) is 3.31. The number of nitrogens with one attached hydrogen (secondary N) is 2. The molecule has 0 aromatic heterocycles. The van der Waals surface area contributed by atoms with Crippen LogP contribution in [0.25, 0.3) is 0 Å². The molecule has 0 aromatic rings. The van der Waals surface area contributed by atoms with Gasteiger partial charge in [-0.3, -0.25) is 25.0 Å². The fourth-order valence-corrected chi connectivity index (χ4v) is 4.80. The Hall–Kier alpha value is -1.88. The lowest BCUT2D eigenvalue weighted by atomic mass is 10.0. The third-order valence-electron chi connectivity index (χ3n) is 4.52. The molecule has 0 aliphatic carbocycles. The minimum absolute atomic E-state index is 0.0854. The van der Waals surface area contributed by atoms with Gasteiger partial charge in [0.2, 0.25) is 21.5 Å². The van der Waals surface area contributed by atoms with E-state index in [1.807, 2.05) is 5.32 Å². The summed E-state index contributed by atoms with van der Waals surface area (Å²) in [4.78, 5) is 49.7. The van der Waals surface area contributed by atoms with Crippen molar-refractivity contribution in [3.05, 3.63) is 33.2 Å². The van der Waals surface area contributed by atoms with Gasteiger partial charge in [0, 0.05) is 24.9 Å². The van der Waals surface area contributed by atoms with Gasteiger partial charge in [0.15, 0.2) is 0 Å². The number of nitrogens with zero attached hydrogens (tertiary/aromatic N) is 1. The van der Waals surface area contributed by atoms with Gasteiger partial charge < -0.3 is 4.90 Å². The molecule has 1 saturated heterocycles. The van der Waals surface area contributed by atoms with Crippen molar-refractivity contribution < 1.29 is 27.6 Å². The highest BCUT2D eigenvalue weighted by Crippen LogP contribution is 2.35. The fraction of sp³-hybridized carbons (Fsp3) is 0.444. The van der Waals surface area contributed by atoms with Crippen molar-refractivity contribution in [1.29, 1.82) is 0 Å². The number of rotatable bonds is 3. The van der Waals surface area contributed by atoms with Crippen LogP contribution in [0.3, 0.4) is 0 Å². The quantitative estimate of drug-likeness (QED) is 0.257. The number of Topliss-reactive ketones (excluding diaryl/α,β-unsaturated/α-hetero) is 1. The standard InChI is InChI=1S/C18H20Cl3N3O6S/c1-10-8-12(9-13(31(10,29)30)24-6-4-3-5-7-24)14(15(26)18(19,20)21)16(27)23-17(28)22-11(2)25/h8-9H,3-7H2,1-2H3,(H2,22,23,25,27,28). The van der Waals surface area contributed by atoms with Crippen LogP contribution in [0, 0.1) is 0 Å². The summed E-state index contributed by atoms with van der Waals surface area (Å²) in [6.07, 6.45) is 4.75. The Balaban J connectivity index is 2.63. The Bertz CT molecular complexity index is 1020. The second-order valence-electron chi connectivity index (χ2n) is 6.91. The van der Waals surface area contributed by atoms with Gasteiger partial charge in [0.25, 0.3) is 9.70 Å². The third-order valence-corrected chi connectivity index (χ3v) is 6.93. The van der Waals surface area contributed by atoms with Crippen LogP contribution in [0.1, 0.15) is 33.1 Å². The first kappa shape index (κ1) is 25.4. The number of ketones is 1. The molecule has 2 N–H and O–H groups in total. The summed E-state index contributed by atoms with van der Waals surface area (Å²) in [6, 6.07) is -1.20. The first-order chi connectivity index (χ1) is 14.2. The first-order valence-electron chi connectivity index (χ1n) is 9.14. The number of alkyl halides is 3. The lowest BCUT2D eigenvalue weighted by Gasteiger charge is -2.32. The number of carbonyl (C=O) groups excluding carboxylic acids is 4. The highest BCUT2D eigenvalue weighted by Gasteiger charge is 2.40. The summed E-state index contributed by atoms with van der Waals surface area (Å²) in [7, 11) is -3.85. The molecule has 0 bridgehead atoms. The minimum atomic E-state index is -3.85. The van der Waals surface area contributed by atoms with E-state index in [0.717, 1.165) is 38.3 Å². The molecule has 2 rings (SSSR count). The van der Waals surface area contributed by atoms with Crippen LogP contribution < -0.4 is 10.6 Å². The maximum atomic E-state index is 12.8. The molecule has 0 atom stereocenters. The molecular formula is C18H20Cl3N3O6S. The van der Waals surface area contributed by atoms with Crippen molar-refractivity contribution in [3.8, 4) is 0 Å². The Morgan fingerprint density at radius 1 is 1.00 bits per heavy atom. The van der Waals surface area contributed by atoms with Gasteiger partial charge >= 0.3 is 6.03 Å². The van der Waals surface area contributed by atoms with Gasteiger partial charge in [0.05, 0.1) is 5.57 Å². The molecule has 13 heteroatoms. The largest absolute Gasteiger partial charge is 0.362 e. The second-order valence-corrected chi connectivity index (χ2v) is 11.3. The van der Waals surface area contributed by atoms with E-state index >= 15 is 0 Å². The molecule has 9 nitrogen and oxygen atoms in total. The summed E-state index contributed by atoms with van der Waals surface area (Å²) in [5, 5.41) is 3.53. The van der Waals surface area contributed by atoms with Gasteiger partial charge in [-0.15, -0.1) is 0 Å². The van der Waals surface area contributed by atoms with E-state index in [1.165, 1.54) is 6.92 Å². The Labute approximate surface area is 194 Å². The zero-order valence-electron chi connectivity index (χ0n) is 16.6. The zero-order valence-corrected chi connectivity index (χ0v) is 19.7. The number of hydrogen-bond donors (Lipinski definition) is 2. The summed E-state index contributed by atoms with van der Waals surface area (Å²) < 4.78 is 23.1. The fourth-order valence-electron chi connectivity index (χ4n) is 3.10. The predicted molar refractivity (Wildman–Crippen MR) is 116 cm³/mol. The highest BCUT2D eigenvalue weighted by atomic mass is 35.6. The third kappa shape index (κ3) is 6.09. The molecule has 0 spiro atoms. The van der Waals surface area contributed by atoms with Crippen LogP contribution >= 0.6 is 34.8 Å². The number of allylic oxidation sites excluding steroid dienone is 4. The van der Waals surface area contributed by atoms with E-state index in [9.17, 15) is 27.6 Å². The molecule has 2 heterocycles. The highest BCUT2D eigenvalue weighted by molar-refractivity contribution is 7.98. The first-order valence-corrected chi connectivity index (χ1v) is 11.8. The maximum Gasteiger partial charge on any atom is 0.328 e. The molecule has 0 unspecified atom stereocenters.